The van der Waals surface area contributed by atoms with Gasteiger partial charge in [-0.3, -0.25) is 9.59 Å². The third-order valence-corrected chi connectivity index (χ3v) is 3.97. The Balaban J connectivity index is 1.88. The smallest absolute Gasteiger partial charge is 0.253 e. The monoisotopic (exact) mass is 340 g/mol. The van der Waals surface area contributed by atoms with E-state index in [1.165, 1.54) is 29.2 Å². The second kappa shape index (κ2) is 6.76. The van der Waals surface area contributed by atoms with Crippen LogP contribution in [0.3, 0.4) is 0 Å². The van der Waals surface area contributed by atoms with Crippen molar-refractivity contribution in [3.63, 3.8) is 0 Å². The molecule has 5 nitrogen and oxygen atoms in total. The maximum Gasteiger partial charge on any atom is 0.253 e. The van der Waals surface area contributed by atoms with Crippen LogP contribution in [0.2, 0.25) is 0 Å². The number of ether oxygens (including phenoxy) is 1. The lowest BCUT2D eigenvalue weighted by atomic mass is 10.1. The van der Waals surface area contributed by atoms with E-state index in [0.29, 0.717) is 22.4 Å². The molecule has 3 aromatic rings. The lowest BCUT2D eigenvalue weighted by Gasteiger charge is -2.17. The molecule has 0 spiro atoms. The van der Waals surface area contributed by atoms with Gasteiger partial charge in [0.15, 0.2) is 0 Å². The maximum absolute atomic E-state index is 13.0. The molecular formula is C19H17FN2O3. The first-order valence-corrected chi connectivity index (χ1v) is 7.69. The van der Waals surface area contributed by atoms with Crippen molar-refractivity contribution in [1.82, 2.24) is 9.88 Å². The number of fused-ring (bicyclic) bond motifs is 1. The first-order valence-electron chi connectivity index (χ1n) is 7.69. The van der Waals surface area contributed by atoms with E-state index in [4.69, 9.17) is 4.74 Å². The maximum atomic E-state index is 13.0. The molecular weight excluding hydrogens is 323 g/mol. The van der Waals surface area contributed by atoms with Gasteiger partial charge in [0.2, 0.25) is 0 Å². The molecule has 1 amide bonds. The number of aromatic amines is 1. The van der Waals surface area contributed by atoms with E-state index in [-0.39, 0.29) is 18.0 Å². The molecule has 0 saturated heterocycles. The highest BCUT2D eigenvalue weighted by molar-refractivity contribution is 5.94. The lowest BCUT2D eigenvalue weighted by molar-refractivity contribution is 0.0784. The molecule has 0 atom stereocenters. The van der Waals surface area contributed by atoms with E-state index >= 15 is 0 Å². The molecule has 0 aliphatic heterocycles. The van der Waals surface area contributed by atoms with Crippen LogP contribution in [-0.2, 0) is 6.54 Å². The van der Waals surface area contributed by atoms with Crippen molar-refractivity contribution in [3.05, 3.63) is 75.8 Å². The van der Waals surface area contributed by atoms with Crippen LogP contribution in [0.1, 0.15) is 15.9 Å². The number of carbonyl (C=O) groups excluding carboxylic acids is 1. The fourth-order valence-electron chi connectivity index (χ4n) is 2.61. The average Bonchev–Trinajstić information content (AvgIpc) is 2.62. The summed E-state index contributed by atoms with van der Waals surface area (Å²) in [6.07, 6.45) is 0. The van der Waals surface area contributed by atoms with E-state index in [1.54, 1.807) is 32.4 Å². The molecule has 0 bridgehead atoms. The van der Waals surface area contributed by atoms with Crippen molar-refractivity contribution in [2.75, 3.05) is 14.2 Å². The van der Waals surface area contributed by atoms with Gasteiger partial charge in [-0.2, -0.15) is 0 Å². The zero-order chi connectivity index (χ0) is 18.0. The van der Waals surface area contributed by atoms with Crippen LogP contribution in [-0.4, -0.2) is 29.9 Å². The summed E-state index contributed by atoms with van der Waals surface area (Å²) in [4.78, 5) is 28.9. The van der Waals surface area contributed by atoms with Crippen molar-refractivity contribution >= 4 is 16.8 Å². The van der Waals surface area contributed by atoms with Gasteiger partial charge < -0.3 is 14.6 Å². The highest BCUT2D eigenvalue weighted by Gasteiger charge is 2.14. The van der Waals surface area contributed by atoms with Crippen LogP contribution in [0, 0.1) is 5.82 Å². The molecule has 0 saturated carbocycles. The Morgan fingerprint density at radius 3 is 2.56 bits per heavy atom. The molecule has 6 heteroatoms. The molecule has 0 fully saturated rings. The topological polar surface area (TPSA) is 62.4 Å². The number of hydrogen-bond donors (Lipinski definition) is 1. The van der Waals surface area contributed by atoms with Gasteiger partial charge in [0, 0.05) is 29.1 Å². The number of methoxy groups -OCH3 is 1. The van der Waals surface area contributed by atoms with E-state index in [2.05, 4.69) is 4.98 Å². The second-order valence-electron chi connectivity index (χ2n) is 5.74. The van der Waals surface area contributed by atoms with E-state index < -0.39 is 5.82 Å². The number of rotatable bonds is 4. The zero-order valence-electron chi connectivity index (χ0n) is 13.9. The minimum atomic E-state index is -0.404. The zero-order valence-corrected chi connectivity index (χ0v) is 13.9. The van der Waals surface area contributed by atoms with Gasteiger partial charge >= 0.3 is 0 Å². The largest absolute Gasteiger partial charge is 0.497 e. The number of benzene rings is 2. The van der Waals surface area contributed by atoms with E-state index in [9.17, 15) is 14.0 Å². The molecule has 0 radical (unpaired) electrons. The Bertz CT molecular complexity index is 980. The van der Waals surface area contributed by atoms with E-state index in [1.807, 2.05) is 6.07 Å². The number of hydrogen-bond acceptors (Lipinski definition) is 3. The predicted molar refractivity (Wildman–Crippen MR) is 93.3 cm³/mol. The van der Waals surface area contributed by atoms with Crippen molar-refractivity contribution in [3.8, 4) is 5.75 Å². The molecule has 128 valence electrons. The molecule has 0 unspecified atom stereocenters. The summed E-state index contributed by atoms with van der Waals surface area (Å²) in [5.41, 5.74) is 1.26. The van der Waals surface area contributed by atoms with Gasteiger partial charge in [-0.15, -0.1) is 0 Å². The van der Waals surface area contributed by atoms with Crippen molar-refractivity contribution in [2.45, 2.75) is 6.54 Å². The van der Waals surface area contributed by atoms with E-state index in [0.717, 1.165) is 5.39 Å². The summed E-state index contributed by atoms with van der Waals surface area (Å²) in [5.74, 6) is -0.00879. The molecule has 1 heterocycles. The van der Waals surface area contributed by atoms with Crippen molar-refractivity contribution in [2.24, 2.45) is 0 Å². The van der Waals surface area contributed by atoms with Gasteiger partial charge in [-0.25, -0.2) is 4.39 Å². The Hall–Kier alpha value is -3.15. The SMILES string of the molecule is COc1ccc2[nH]c(=O)c(CN(C)C(=O)c3ccc(F)cc3)cc2c1. The van der Waals surface area contributed by atoms with Crippen LogP contribution in [0.4, 0.5) is 4.39 Å². The summed E-state index contributed by atoms with van der Waals surface area (Å²) in [5, 5.41) is 0.816. The molecule has 1 N–H and O–H groups in total. The Morgan fingerprint density at radius 1 is 1.16 bits per heavy atom. The Kier molecular flexibility index (Phi) is 4.52. The fraction of sp³-hybridized carbons (Fsp3) is 0.158. The number of amides is 1. The van der Waals surface area contributed by atoms with Gasteiger partial charge in [0.1, 0.15) is 11.6 Å². The highest BCUT2D eigenvalue weighted by Crippen LogP contribution is 2.19. The molecule has 0 aliphatic rings. The van der Waals surface area contributed by atoms with Crippen LogP contribution >= 0.6 is 0 Å². The van der Waals surface area contributed by atoms with Crippen LogP contribution in [0.15, 0.2) is 53.3 Å². The number of H-pyrrole nitrogens is 1. The third kappa shape index (κ3) is 3.52. The Labute approximate surface area is 143 Å². The number of aromatic nitrogens is 1. The first-order chi connectivity index (χ1) is 12.0. The molecule has 1 aromatic heterocycles. The van der Waals surface area contributed by atoms with Crippen LogP contribution in [0.5, 0.6) is 5.75 Å². The van der Waals surface area contributed by atoms with Crippen LogP contribution < -0.4 is 10.3 Å². The fourth-order valence-corrected chi connectivity index (χ4v) is 2.61. The lowest BCUT2D eigenvalue weighted by Crippen LogP contribution is -2.29. The van der Waals surface area contributed by atoms with Crippen LogP contribution in [0.25, 0.3) is 10.9 Å². The standard InChI is InChI=1S/C19H17FN2O3/c1-22(19(24)12-3-5-15(20)6-4-12)11-14-9-13-10-16(25-2)7-8-17(13)21-18(14)23/h3-10H,11H2,1-2H3,(H,21,23). The number of halogens is 1. The number of carbonyl (C=O) groups is 1. The first kappa shape index (κ1) is 16.7. The predicted octanol–water partition coefficient (Wildman–Crippen LogP) is 2.95. The summed E-state index contributed by atoms with van der Waals surface area (Å²) in [6, 6.07) is 12.4. The van der Waals surface area contributed by atoms with Gasteiger partial charge in [-0.1, -0.05) is 0 Å². The van der Waals surface area contributed by atoms with Gasteiger partial charge in [-0.05, 0) is 48.5 Å². The molecule has 2 aromatic carbocycles. The molecule has 25 heavy (non-hydrogen) atoms. The van der Waals surface area contributed by atoms with Gasteiger partial charge in [0.05, 0.1) is 13.7 Å². The number of pyridine rings is 1. The van der Waals surface area contributed by atoms with Crippen molar-refractivity contribution in [1.29, 1.82) is 0 Å². The number of nitrogens with one attached hydrogen (secondary N) is 1. The quantitative estimate of drug-likeness (QED) is 0.794. The van der Waals surface area contributed by atoms with Crippen molar-refractivity contribution < 1.29 is 13.9 Å². The van der Waals surface area contributed by atoms with Gasteiger partial charge in [0.25, 0.3) is 11.5 Å². The average molecular weight is 340 g/mol. The minimum Gasteiger partial charge on any atom is -0.497 e. The number of nitrogens with zero attached hydrogens (tertiary/aromatic N) is 1. The highest BCUT2D eigenvalue weighted by atomic mass is 19.1. The summed E-state index contributed by atoms with van der Waals surface area (Å²) in [6.45, 7) is 0.138. The summed E-state index contributed by atoms with van der Waals surface area (Å²) < 4.78 is 18.2. The minimum absolute atomic E-state index is 0.138. The Morgan fingerprint density at radius 2 is 1.88 bits per heavy atom. The summed E-state index contributed by atoms with van der Waals surface area (Å²) in [7, 11) is 3.17. The third-order valence-electron chi connectivity index (χ3n) is 3.97. The summed E-state index contributed by atoms with van der Waals surface area (Å²) >= 11 is 0. The molecule has 3 rings (SSSR count). The second-order valence-corrected chi connectivity index (χ2v) is 5.74. The molecule has 0 aliphatic carbocycles. The normalized spacial score (nSPS) is 10.7.